The van der Waals surface area contributed by atoms with Crippen LogP contribution in [0.3, 0.4) is 0 Å². The van der Waals surface area contributed by atoms with Gasteiger partial charge in [0.25, 0.3) is 0 Å². The van der Waals surface area contributed by atoms with Crippen molar-refractivity contribution in [2.45, 2.75) is 39.4 Å². The summed E-state index contributed by atoms with van der Waals surface area (Å²) >= 11 is 0. The fraction of sp³-hybridized carbons (Fsp3) is 0.400. The maximum Gasteiger partial charge on any atom is 0.223 e. The van der Waals surface area contributed by atoms with Crippen LogP contribution in [0.1, 0.15) is 30.9 Å². The summed E-state index contributed by atoms with van der Waals surface area (Å²) in [5.74, 6) is 1.19. The van der Waals surface area contributed by atoms with Crippen molar-refractivity contribution in [3.8, 4) is 5.75 Å². The quantitative estimate of drug-likeness (QED) is 0.641. The molecule has 3 aromatic rings. The number of carbonyl (C=O) groups is 1. The molecule has 0 atom stereocenters. The first-order valence-corrected chi connectivity index (χ1v) is 10.9. The van der Waals surface area contributed by atoms with Gasteiger partial charge in [0.2, 0.25) is 5.91 Å². The molecule has 1 amide bonds. The van der Waals surface area contributed by atoms with Gasteiger partial charge in [0.15, 0.2) is 0 Å². The number of amides is 1. The predicted molar refractivity (Wildman–Crippen MR) is 120 cm³/mol. The SMILES string of the molecule is CCn1cc(CN2CCC(C(=O)NCc3ccccc3)CC2)c2cc(OC)ccc21. The van der Waals surface area contributed by atoms with Gasteiger partial charge in [-0.2, -0.15) is 0 Å². The number of likely N-dealkylation sites (tertiary alicyclic amines) is 1. The van der Waals surface area contributed by atoms with Crippen molar-refractivity contribution in [2.75, 3.05) is 20.2 Å². The molecule has 0 spiro atoms. The minimum Gasteiger partial charge on any atom is -0.497 e. The number of carbonyl (C=O) groups excluding carboxylic acids is 1. The summed E-state index contributed by atoms with van der Waals surface area (Å²) in [5.41, 5.74) is 3.73. The highest BCUT2D eigenvalue weighted by Crippen LogP contribution is 2.28. The average Bonchev–Trinajstić information content (AvgIpc) is 3.15. The van der Waals surface area contributed by atoms with Crippen molar-refractivity contribution in [2.24, 2.45) is 5.92 Å². The van der Waals surface area contributed by atoms with Gasteiger partial charge in [0.1, 0.15) is 5.75 Å². The van der Waals surface area contributed by atoms with E-state index in [1.54, 1.807) is 7.11 Å². The van der Waals surface area contributed by atoms with Crippen LogP contribution in [-0.4, -0.2) is 35.6 Å². The minimum absolute atomic E-state index is 0.113. The van der Waals surface area contributed by atoms with Crippen LogP contribution in [0.15, 0.2) is 54.7 Å². The molecule has 2 aromatic carbocycles. The molecule has 0 bridgehead atoms. The van der Waals surface area contributed by atoms with Crippen LogP contribution < -0.4 is 10.1 Å². The molecule has 1 aromatic heterocycles. The van der Waals surface area contributed by atoms with Gasteiger partial charge in [-0.25, -0.2) is 0 Å². The molecular weight excluding hydrogens is 374 g/mol. The third-order valence-corrected chi connectivity index (χ3v) is 6.17. The molecule has 0 aliphatic carbocycles. The monoisotopic (exact) mass is 405 g/mol. The average molecular weight is 406 g/mol. The van der Waals surface area contributed by atoms with E-state index < -0.39 is 0 Å². The number of aryl methyl sites for hydroxylation is 1. The highest BCUT2D eigenvalue weighted by atomic mass is 16.5. The summed E-state index contributed by atoms with van der Waals surface area (Å²) < 4.78 is 7.74. The van der Waals surface area contributed by atoms with Gasteiger partial charge in [-0.05, 0) is 62.2 Å². The molecule has 0 radical (unpaired) electrons. The highest BCUT2D eigenvalue weighted by molar-refractivity contribution is 5.85. The number of nitrogens with one attached hydrogen (secondary N) is 1. The van der Waals surface area contributed by atoms with Gasteiger partial charge in [0, 0.05) is 42.7 Å². The lowest BCUT2D eigenvalue weighted by Crippen LogP contribution is -2.40. The number of nitrogens with zero attached hydrogens (tertiary/aromatic N) is 2. The van der Waals surface area contributed by atoms with E-state index in [0.29, 0.717) is 6.54 Å². The zero-order valence-electron chi connectivity index (χ0n) is 17.9. The van der Waals surface area contributed by atoms with Crippen LogP contribution >= 0.6 is 0 Å². The van der Waals surface area contributed by atoms with E-state index in [1.807, 2.05) is 36.4 Å². The molecule has 5 nitrogen and oxygen atoms in total. The smallest absolute Gasteiger partial charge is 0.223 e. The Morgan fingerprint density at radius 3 is 2.60 bits per heavy atom. The van der Waals surface area contributed by atoms with Crippen LogP contribution in [0.4, 0.5) is 0 Å². The molecule has 1 aliphatic rings. The van der Waals surface area contributed by atoms with Crippen LogP contribution in [-0.2, 0) is 24.4 Å². The molecule has 4 rings (SSSR count). The Kier molecular flexibility index (Phi) is 6.38. The van der Waals surface area contributed by atoms with Crippen molar-refractivity contribution in [3.05, 3.63) is 65.9 Å². The summed E-state index contributed by atoms with van der Waals surface area (Å²) in [6.45, 7) is 6.55. The number of methoxy groups -OCH3 is 1. The first-order chi connectivity index (χ1) is 14.7. The standard InChI is InChI=1S/C25H31N3O2/c1-3-28-18-21(23-15-22(30-2)9-10-24(23)28)17-27-13-11-20(12-14-27)25(29)26-16-19-7-5-4-6-8-19/h4-10,15,18,20H,3,11-14,16-17H2,1-2H3,(H,26,29). The zero-order chi connectivity index (χ0) is 20.9. The van der Waals surface area contributed by atoms with E-state index in [0.717, 1.165) is 50.3 Å². The largest absolute Gasteiger partial charge is 0.497 e. The van der Waals surface area contributed by atoms with E-state index in [4.69, 9.17) is 4.74 Å². The van der Waals surface area contributed by atoms with E-state index in [1.165, 1.54) is 16.5 Å². The first-order valence-electron chi connectivity index (χ1n) is 10.9. The number of aromatic nitrogens is 1. The van der Waals surface area contributed by atoms with Crippen molar-refractivity contribution in [3.63, 3.8) is 0 Å². The summed E-state index contributed by atoms with van der Waals surface area (Å²) in [6, 6.07) is 16.4. The molecule has 30 heavy (non-hydrogen) atoms. The number of benzene rings is 2. The summed E-state index contributed by atoms with van der Waals surface area (Å²) in [5, 5.41) is 4.37. The third-order valence-electron chi connectivity index (χ3n) is 6.17. The maximum absolute atomic E-state index is 12.6. The summed E-state index contributed by atoms with van der Waals surface area (Å²) in [6.07, 6.45) is 4.09. The second-order valence-electron chi connectivity index (χ2n) is 8.08. The van der Waals surface area contributed by atoms with Crippen LogP contribution in [0.25, 0.3) is 10.9 Å². The number of piperidine rings is 1. The van der Waals surface area contributed by atoms with Crippen molar-refractivity contribution in [1.82, 2.24) is 14.8 Å². The molecule has 2 heterocycles. The highest BCUT2D eigenvalue weighted by Gasteiger charge is 2.25. The zero-order valence-corrected chi connectivity index (χ0v) is 17.9. The molecule has 1 N–H and O–H groups in total. The molecular formula is C25H31N3O2. The van der Waals surface area contributed by atoms with E-state index in [9.17, 15) is 4.79 Å². The molecule has 0 saturated carbocycles. The topological polar surface area (TPSA) is 46.5 Å². The van der Waals surface area contributed by atoms with Crippen LogP contribution in [0.5, 0.6) is 5.75 Å². The number of hydrogen-bond acceptors (Lipinski definition) is 3. The summed E-state index contributed by atoms with van der Waals surface area (Å²) in [4.78, 5) is 15.0. The van der Waals surface area contributed by atoms with Crippen LogP contribution in [0, 0.1) is 5.92 Å². The van der Waals surface area contributed by atoms with Gasteiger partial charge in [-0.15, -0.1) is 0 Å². The molecule has 158 valence electrons. The fourth-order valence-corrected chi connectivity index (χ4v) is 4.39. The fourth-order valence-electron chi connectivity index (χ4n) is 4.39. The van der Waals surface area contributed by atoms with Gasteiger partial charge in [-0.3, -0.25) is 9.69 Å². The van der Waals surface area contributed by atoms with E-state index in [-0.39, 0.29) is 11.8 Å². The second kappa shape index (κ2) is 9.35. The lowest BCUT2D eigenvalue weighted by atomic mass is 9.95. The molecule has 1 fully saturated rings. The molecule has 1 aliphatic heterocycles. The molecule has 5 heteroatoms. The van der Waals surface area contributed by atoms with Gasteiger partial charge in [0.05, 0.1) is 7.11 Å². The Balaban J connectivity index is 1.35. The summed E-state index contributed by atoms with van der Waals surface area (Å²) in [7, 11) is 1.71. The number of fused-ring (bicyclic) bond motifs is 1. The molecule has 0 unspecified atom stereocenters. The first kappa shape index (κ1) is 20.5. The van der Waals surface area contributed by atoms with Gasteiger partial charge < -0.3 is 14.6 Å². The predicted octanol–water partition coefficient (Wildman–Crippen LogP) is 4.20. The normalized spacial score (nSPS) is 15.4. The van der Waals surface area contributed by atoms with Crippen molar-refractivity contribution < 1.29 is 9.53 Å². The molecule has 1 saturated heterocycles. The second-order valence-corrected chi connectivity index (χ2v) is 8.08. The van der Waals surface area contributed by atoms with Crippen LogP contribution in [0.2, 0.25) is 0 Å². The Bertz CT molecular complexity index is 988. The van der Waals surface area contributed by atoms with Gasteiger partial charge in [-0.1, -0.05) is 30.3 Å². The number of hydrogen-bond donors (Lipinski definition) is 1. The Morgan fingerprint density at radius 2 is 1.90 bits per heavy atom. The van der Waals surface area contributed by atoms with Gasteiger partial charge >= 0.3 is 0 Å². The number of ether oxygens (including phenoxy) is 1. The van der Waals surface area contributed by atoms with Crippen molar-refractivity contribution >= 4 is 16.8 Å². The maximum atomic E-state index is 12.6. The lowest BCUT2D eigenvalue weighted by Gasteiger charge is -2.31. The van der Waals surface area contributed by atoms with Crippen molar-refractivity contribution in [1.29, 1.82) is 0 Å². The lowest BCUT2D eigenvalue weighted by molar-refractivity contribution is -0.126. The Labute approximate surface area is 178 Å². The number of rotatable bonds is 7. The minimum atomic E-state index is 0.113. The van der Waals surface area contributed by atoms with E-state index in [2.05, 4.69) is 40.0 Å². The van der Waals surface area contributed by atoms with E-state index >= 15 is 0 Å². The Hall–Kier alpha value is -2.79. The third kappa shape index (κ3) is 4.51. The Morgan fingerprint density at radius 1 is 1.13 bits per heavy atom.